The number of nitrogens with zero attached hydrogens (tertiary/aromatic N) is 5. The topological polar surface area (TPSA) is 153 Å². The van der Waals surface area contributed by atoms with Gasteiger partial charge in [-0.1, -0.05) is 6.92 Å². The summed E-state index contributed by atoms with van der Waals surface area (Å²) in [6.07, 6.45) is 0.449. The van der Waals surface area contributed by atoms with Crippen LogP contribution in [0.5, 0.6) is 11.5 Å². The van der Waals surface area contributed by atoms with Crippen LogP contribution in [-0.2, 0) is 0 Å². The van der Waals surface area contributed by atoms with Gasteiger partial charge in [0.05, 0.1) is 11.9 Å². The molecule has 0 atom stereocenters. The molecule has 2 heterocycles. The first-order valence-corrected chi connectivity index (χ1v) is 11.1. The van der Waals surface area contributed by atoms with Crippen LogP contribution in [0.2, 0.25) is 0 Å². The van der Waals surface area contributed by atoms with Crippen molar-refractivity contribution in [1.29, 1.82) is 5.26 Å². The summed E-state index contributed by atoms with van der Waals surface area (Å²) >= 11 is 0. The number of ether oxygens (including phenoxy) is 1. The fraction of sp³-hybridized carbons (Fsp3) is 0.250. The van der Waals surface area contributed by atoms with Gasteiger partial charge in [-0.3, -0.25) is 0 Å². The molecule has 1 aromatic heterocycles. The number of hydrogen-bond acceptors (Lipinski definition) is 10. The second kappa shape index (κ2) is 10.6. The van der Waals surface area contributed by atoms with Gasteiger partial charge in [0.15, 0.2) is 11.6 Å². The van der Waals surface area contributed by atoms with E-state index < -0.39 is 6.09 Å². The fourth-order valence-electron chi connectivity index (χ4n) is 3.75. The summed E-state index contributed by atoms with van der Waals surface area (Å²) in [5, 5.41) is 25.0. The van der Waals surface area contributed by atoms with Gasteiger partial charge >= 0.3 is 6.09 Å². The first kappa shape index (κ1) is 23.6. The maximum absolute atomic E-state index is 11.6. The molecule has 11 nitrogen and oxygen atoms in total. The molecule has 1 fully saturated rings. The number of rotatable bonds is 7. The zero-order valence-corrected chi connectivity index (χ0v) is 19.2. The molecule has 1 amide bonds. The molecule has 4 rings (SSSR count). The van der Waals surface area contributed by atoms with Gasteiger partial charge in [0, 0.05) is 43.6 Å². The molecule has 180 valence electrons. The van der Waals surface area contributed by atoms with Gasteiger partial charge < -0.3 is 36.0 Å². The number of nitrogens with one attached hydrogen (secondary N) is 2. The Morgan fingerprint density at radius 2 is 1.91 bits per heavy atom. The molecule has 3 aromatic rings. The number of phenols is 1. The van der Waals surface area contributed by atoms with Crippen LogP contribution in [0.15, 0.2) is 48.7 Å². The van der Waals surface area contributed by atoms with E-state index in [9.17, 15) is 15.2 Å². The summed E-state index contributed by atoms with van der Waals surface area (Å²) in [7, 11) is 0. The molecule has 1 saturated heterocycles. The number of carbonyl (C=O) groups excluding carboxylic acids is 1. The molecule has 0 radical (unpaired) electrons. The molecule has 0 saturated carbocycles. The largest absolute Gasteiger partial charge is 0.508 e. The lowest BCUT2D eigenvalue weighted by molar-refractivity contribution is 0.211. The van der Waals surface area contributed by atoms with Gasteiger partial charge in [0.1, 0.15) is 17.4 Å². The van der Waals surface area contributed by atoms with Crippen LogP contribution in [0, 0.1) is 11.3 Å². The molecule has 0 aliphatic carbocycles. The van der Waals surface area contributed by atoms with Crippen LogP contribution in [-0.4, -0.2) is 58.8 Å². The molecule has 11 heteroatoms. The zero-order chi connectivity index (χ0) is 24.8. The second-order valence-electron chi connectivity index (χ2n) is 7.89. The van der Waals surface area contributed by atoms with E-state index in [0.29, 0.717) is 11.4 Å². The van der Waals surface area contributed by atoms with E-state index in [1.54, 1.807) is 24.3 Å². The molecule has 0 spiro atoms. The Kier molecular flexibility index (Phi) is 7.13. The number of likely N-dealkylation sites (N-methyl/N-ethyl adjacent to an activating group) is 1. The maximum Gasteiger partial charge on any atom is 0.410 e. The summed E-state index contributed by atoms with van der Waals surface area (Å²) in [6, 6.07) is 13.9. The van der Waals surface area contributed by atoms with E-state index in [-0.39, 0.29) is 28.8 Å². The van der Waals surface area contributed by atoms with Gasteiger partial charge in [-0.15, -0.1) is 0 Å². The van der Waals surface area contributed by atoms with Gasteiger partial charge in [-0.25, -0.2) is 9.78 Å². The van der Waals surface area contributed by atoms with E-state index in [4.69, 9.17) is 10.5 Å². The Bertz CT molecular complexity index is 1230. The van der Waals surface area contributed by atoms with E-state index in [1.165, 1.54) is 18.3 Å². The van der Waals surface area contributed by atoms with Crippen molar-refractivity contribution >= 4 is 34.9 Å². The van der Waals surface area contributed by atoms with Crippen LogP contribution >= 0.6 is 0 Å². The van der Waals surface area contributed by atoms with Gasteiger partial charge in [-0.2, -0.15) is 10.2 Å². The molecule has 5 N–H and O–H groups in total. The number of benzene rings is 2. The number of anilines is 5. The molecular weight excluding hydrogens is 448 g/mol. The average Bonchev–Trinajstić information content (AvgIpc) is 2.86. The summed E-state index contributed by atoms with van der Waals surface area (Å²) in [5.74, 6) is 0.829. The molecule has 1 aliphatic heterocycles. The molecule has 2 aromatic carbocycles. The normalized spacial score (nSPS) is 13.7. The van der Waals surface area contributed by atoms with Crippen LogP contribution in [0.25, 0.3) is 0 Å². The summed E-state index contributed by atoms with van der Waals surface area (Å²) in [5.41, 5.74) is 7.53. The summed E-state index contributed by atoms with van der Waals surface area (Å²) in [6.45, 7) is 6.80. The third kappa shape index (κ3) is 5.87. The Morgan fingerprint density at radius 1 is 1.17 bits per heavy atom. The number of nitrogens with two attached hydrogens (primary N) is 1. The number of nitriles is 1. The lowest BCUT2D eigenvalue weighted by atomic mass is 10.2. The van der Waals surface area contributed by atoms with Gasteiger partial charge in [0.25, 0.3) is 0 Å². The quantitative estimate of drug-likeness (QED) is 0.376. The maximum atomic E-state index is 11.6. The van der Waals surface area contributed by atoms with Crippen molar-refractivity contribution in [1.82, 2.24) is 14.9 Å². The minimum Gasteiger partial charge on any atom is -0.508 e. The first-order valence-electron chi connectivity index (χ1n) is 11.1. The standard InChI is InChI=1S/C24H26N8O3/c1-2-31-9-11-32(12-10-31)18-5-8-20(21(13-18)35-23(26)34)29-24-27-15-16(14-25)22(30-24)28-17-3-6-19(33)7-4-17/h3-8,13,15,33H,2,9-12H2,1H3,(H2,26,34)(H2,27,28,29,30). The lowest BCUT2D eigenvalue weighted by Gasteiger charge is -2.35. The van der Waals surface area contributed by atoms with Crippen molar-refractivity contribution in [2.45, 2.75) is 6.92 Å². The number of phenolic OH excluding ortho intramolecular Hbond substituents is 1. The summed E-state index contributed by atoms with van der Waals surface area (Å²) in [4.78, 5) is 24.8. The van der Waals surface area contributed by atoms with Gasteiger partial charge in [-0.05, 0) is 42.9 Å². The SMILES string of the molecule is CCN1CCN(c2ccc(Nc3ncc(C#N)c(Nc4ccc(O)cc4)n3)c(OC(N)=O)c2)CC1. The predicted molar refractivity (Wildman–Crippen MR) is 132 cm³/mol. The van der Waals surface area contributed by atoms with Crippen molar-refractivity contribution in [2.75, 3.05) is 48.3 Å². The number of primary amides is 1. The van der Waals surface area contributed by atoms with Crippen molar-refractivity contribution in [3.05, 3.63) is 54.2 Å². The monoisotopic (exact) mass is 474 g/mol. The van der Waals surface area contributed by atoms with E-state index >= 15 is 0 Å². The highest BCUT2D eigenvalue weighted by Crippen LogP contribution is 2.33. The number of hydrogen-bond donors (Lipinski definition) is 4. The second-order valence-corrected chi connectivity index (χ2v) is 7.89. The van der Waals surface area contributed by atoms with Crippen LogP contribution in [0.4, 0.5) is 33.6 Å². The van der Waals surface area contributed by atoms with Crippen molar-refractivity contribution in [3.8, 4) is 17.6 Å². The predicted octanol–water partition coefficient (Wildman–Crippen LogP) is 3.14. The highest BCUT2D eigenvalue weighted by Gasteiger charge is 2.19. The first-order chi connectivity index (χ1) is 16.9. The van der Waals surface area contributed by atoms with Crippen molar-refractivity contribution in [2.24, 2.45) is 5.73 Å². The molecule has 0 unspecified atom stereocenters. The number of aromatic nitrogens is 2. The van der Waals surface area contributed by atoms with Crippen LogP contribution in [0.1, 0.15) is 12.5 Å². The van der Waals surface area contributed by atoms with Gasteiger partial charge in [0.2, 0.25) is 5.95 Å². The molecule has 0 bridgehead atoms. The Morgan fingerprint density at radius 3 is 2.57 bits per heavy atom. The fourth-order valence-corrected chi connectivity index (χ4v) is 3.75. The van der Waals surface area contributed by atoms with E-state index in [2.05, 4.69) is 37.3 Å². The highest BCUT2D eigenvalue weighted by molar-refractivity contribution is 5.76. The highest BCUT2D eigenvalue weighted by atomic mass is 16.5. The van der Waals surface area contributed by atoms with Crippen molar-refractivity contribution < 1.29 is 14.6 Å². The summed E-state index contributed by atoms with van der Waals surface area (Å²) < 4.78 is 5.27. The zero-order valence-electron chi connectivity index (χ0n) is 19.2. The van der Waals surface area contributed by atoms with Crippen LogP contribution in [0.3, 0.4) is 0 Å². The minimum absolute atomic E-state index is 0.124. The number of carbonyl (C=O) groups is 1. The number of amides is 1. The average molecular weight is 475 g/mol. The Hall–Kier alpha value is -4.56. The third-order valence-corrected chi connectivity index (χ3v) is 5.65. The van der Waals surface area contributed by atoms with Crippen LogP contribution < -0.4 is 26.0 Å². The lowest BCUT2D eigenvalue weighted by Crippen LogP contribution is -2.46. The number of aromatic hydroxyl groups is 1. The molecule has 1 aliphatic rings. The third-order valence-electron chi connectivity index (χ3n) is 5.65. The van der Waals surface area contributed by atoms with Crippen molar-refractivity contribution in [3.63, 3.8) is 0 Å². The molecule has 35 heavy (non-hydrogen) atoms. The minimum atomic E-state index is -0.934. The molecular formula is C24H26N8O3. The van der Waals surface area contributed by atoms with E-state index in [0.717, 1.165) is 38.4 Å². The Balaban J connectivity index is 1.58. The smallest absolute Gasteiger partial charge is 0.410 e. The number of piperazine rings is 1. The van der Waals surface area contributed by atoms with E-state index in [1.807, 2.05) is 12.1 Å². The Labute approximate surface area is 202 Å².